The van der Waals surface area contributed by atoms with Gasteiger partial charge in [0.05, 0.1) is 6.61 Å². The third-order valence-corrected chi connectivity index (χ3v) is 5.87. The molecule has 2 aliphatic heterocycles. The van der Waals surface area contributed by atoms with E-state index in [1.54, 1.807) is 26.8 Å². The van der Waals surface area contributed by atoms with Crippen molar-refractivity contribution in [2.75, 3.05) is 6.61 Å². The molecular weight excluding hydrogens is 412 g/mol. The molecule has 6 atom stereocenters. The van der Waals surface area contributed by atoms with E-state index in [9.17, 15) is 30.3 Å². The first-order valence-electron chi connectivity index (χ1n) is 9.97. The summed E-state index contributed by atoms with van der Waals surface area (Å²) in [5, 5.41) is 50.4. The topological polar surface area (TPSA) is 159 Å². The Kier molecular flexibility index (Phi) is 5.49. The molecule has 0 amide bonds. The Hall–Kier alpha value is -2.21. The molecule has 3 heterocycles. The minimum Gasteiger partial charge on any atom is -0.507 e. The van der Waals surface area contributed by atoms with Crippen molar-refractivity contribution in [1.82, 2.24) is 0 Å². The van der Waals surface area contributed by atoms with Gasteiger partial charge >= 0.3 is 0 Å². The molecule has 170 valence electrons. The van der Waals surface area contributed by atoms with E-state index in [1.165, 1.54) is 6.07 Å². The van der Waals surface area contributed by atoms with Gasteiger partial charge in [0, 0.05) is 24.1 Å². The number of phenolic OH excluding ortho intramolecular Hbond substituents is 1. The predicted octanol–water partition coefficient (Wildman–Crippen LogP) is -0.294. The van der Waals surface area contributed by atoms with Gasteiger partial charge in [0.15, 0.2) is 11.7 Å². The van der Waals surface area contributed by atoms with E-state index >= 15 is 0 Å². The van der Waals surface area contributed by atoms with Crippen LogP contribution in [0.1, 0.15) is 25.2 Å². The lowest BCUT2D eigenvalue weighted by atomic mass is 9.89. The molecule has 1 aromatic heterocycles. The fraction of sp³-hybridized carbons (Fsp3) is 0.571. The Balaban J connectivity index is 1.68. The first-order chi connectivity index (χ1) is 14.5. The summed E-state index contributed by atoms with van der Waals surface area (Å²) in [5.41, 5.74) is -0.825. The summed E-state index contributed by atoms with van der Waals surface area (Å²) in [6, 6.07) is 2.83. The molecular formula is C21H26O10. The van der Waals surface area contributed by atoms with Crippen molar-refractivity contribution in [3.63, 3.8) is 0 Å². The predicted molar refractivity (Wildman–Crippen MR) is 106 cm³/mol. The van der Waals surface area contributed by atoms with E-state index in [2.05, 4.69) is 0 Å². The van der Waals surface area contributed by atoms with Gasteiger partial charge < -0.3 is 44.2 Å². The van der Waals surface area contributed by atoms with Crippen LogP contribution < -0.4 is 10.2 Å². The average Bonchev–Trinajstić information content (AvgIpc) is 2.68. The van der Waals surface area contributed by atoms with Crippen molar-refractivity contribution in [3.8, 4) is 11.5 Å². The molecule has 10 nitrogen and oxygen atoms in total. The molecule has 10 heteroatoms. The van der Waals surface area contributed by atoms with Crippen LogP contribution in [0.4, 0.5) is 0 Å². The summed E-state index contributed by atoms with van der Waals surface area (Å²) in [4.78, 5) is 12.4. The molecule has 2 aliphatic rings. The molecule has 0 saturated carbocycles. The standard InChI is InChI=1S/C21H26O10/c1-8-4-10(23)15-12(28-8)6-11-9(16(15)24)5-14(21(2,3)31-11)30-20-19(27)18(26)17(25)13(7-22)29-20/h4,6,13-14,17-20,22,24-27H,5,7H2,1-3H3/t13-,14+,17-,18+,19-,20?/m1/s1. The number of ether oxygens (including phenoxy) is 3. The number of benzene rings is 1. The summed E-state index contributed by atoms with van der Waals surface area (Å²) in [6.07, 6.45) is -7.81. The normalized spacial score (nSPS) is 32.5. The monoisotopic (exact) mass is 438 g/mol. The largest absolute Gasteiger partial charge is 0.507 e. The van der Waals surface area contributed by atoms with Crippen LogP contribution in [0.2, 0.25) is 0 Å². The molecule has 0 radical (unpaired) electrons. The Bertz CT molecular complexity index is 1040. The van der Waals surface area contributed by atoms with Crippen LogP contribution in [0, 0.1) is 6.92 Å². The molecule has 1 aromatic carbocycles. The highest BCUT2D eigenvalue weighted by Gasteiger charge is 2.48. The molecule has 0 bridgehead atoms. The molecule has 1 unspecified atom stereocenters. The molecule has 1 fully saturated rings. The van der Waals surface area contributed by atoms with Gasteiger partial charge in [-0.25, -0.2) is 0 Å². The van der Waals surface area contributed by atoms with Gasteiger partial charge in [0.1, 0.15) is 64.3 Å². The summed E-state index contributed by atoms with van der Waals surface area (Å²) in [5.74, 6) is 0.451. The molecule has 31 heavy (non-hydrogen) atoms. The average molecular weight is 438 g/mol. The van der Waals surface area contributed by atoms with Gasteiger partial charge in [-0.2, -0.15) is 0 Å². The maximum atomic E-state index is 12.4. The number of rotatable bonds is 3. The van der Waals surface area contributed by atoms with Crippen molar-refractivity contribution in [3.05, 3.63) is 33.7 Å². The number of aryl methyl sites for hydroxylation is 1. The quantitative estimate of drug-likeness (QED) is 0.431. The molecule has 2 aromatic rings. The summed E-state index contributed by atoms with van der Waals surface area (Å²) >= 11 is 0. The second-order valence-electron chi connectivity index (χ2n) is 8.53. The fourth-order valence-corrected chi connectivity index (χ4v) is 4.06. The number of fused-ring (bicyclic) bond motifs is 2. The number of aliphatic hydroxyl groups is 4. The smallest absolute Gasteiger partial charge is 0.196 e. The fourth-order valence-electron chi connectivity index (χ4n) is 4.06. The van der Waals surface area contributed by atoms with E-state index in [0.29, 0.717) is 17.1 Å². The van der Waals surface area contributed by atoms with Gasteiger partial charge in [-0.3, -0.25) is 4.79 Å². The Morgan fingerprint density at radius 1 is 1.16 bits per heavy atom. The zero-order valence-corrected chi connectivity index (χ0v) is 17.3. The van der Waals surface area contributed by atoms with Crippen molar-refractivity contribution in [1.29, 1.82) is 0 Å². The molecule has 0 aliphatic carbocycles. The SMILES string of the molecule is Cc1cc(=O)c2c(O)c3c(cc2o1)OC(C)(C)[C@@H](OC1O[C@H](CO)[C@@H](O)[C@H](O)[C@H]1O)C3. The van der Waals surface area contributed by atoms with Crippen LogP contribution in [-0.2, 0) is 15.9 Å². The number of phenols is 1. The molecule has 5 N–H and O–H groups in total. The minimum atomic E-state index is -1.58. The van der Waals surface area contributed by atoms with Crippen molar-refractivity contribution >= 4 is 11.0 Å². The van der Waals surface area contributed by atoms with Crippen molar-refractivity contribution in [2.45, 2.75) is 69.6 Å². The lowest BCUT2D eigenvalue weighted by molar-refractivity contribution is -0.321. The molecule has 1 saturated heterocycles. The van der Waals surface area contributed by atoms with E-state index in [1.807, 2.05) is 0 Å². The van der Waals surface area contributed by atoms with Gasteiger partial charge in [0.2, 0.25) is 0 Å². The zero-order chi connectivity index (χ0) is 22.7. The maximum absolute atomic E-state index is 12.4. The minimum absolute atomic E-state index is 0.0271. The van der Waals surface area contributed by atoms with Crippen LogP contribution in [0.15, 0.2) is 21.3 Å². The number of hydrogen-bond acceptors (Lipinski definition) is 10. The van der Waals surface area contributed by atoms with Gasteiger partial charge in [0.25, 0.3) is 0 Å². The summed E-state index contributed by atoms with van der Waals surface area (Å²) < 4.78 is 22.9. The second kappa shape index (κ2) is 7.73. The first kappa shape index (κ1) is 22.0. The van der Waals surface area contributed by atoms with E-state index < -0.39 is 54.4 Å². The van der Waals surface area contributed by atoms with Gasteiger partial charge in [-0.15, -0.1) is 0 Å². The lowest BCUT2D eigenvalue weighted by Crippen LogP contribution is -2.61. The molecule has 4 rings (SSSR count). The second-order valence-corrected chi connectivity index (χ2v) is 8.53. The number of aliphatic hydroxyl groups excluding tert-OH is 4. The number of aromatic hydroxyl groups is 1. The van der Waals surface area contributed by atoms with Gasteiger partial charge in [-0.05, 0) is 20.8 Å². The molecule has 0 spiro atoms. The van der Waals surface area contributed by atoms with E-state index in [-0.39, 0.29) is 23.1 Å². The Morgan fingerprint density at radius 2 is 1.87 bits per heavy atom. The Labute approximate surface area is 177 Å². The maximum Gasteiger partial charge on any atom is 0.196 e. The zero-order valence-electron chi connectivity index (χ0n) is 17.3. The van der Waals surface area contributed by atoms with Crippen LogP contribution in [0.3, 0.4) is 0 Å². The highest BCUT2D eigenvalue weighted by Crippen LogP contribution is 2.43. The van der Waals surface area contributed by atoms with Crippen LogP contribution in [-0.4, -0.2) is 74.6 Å². The number of hydrogen-bond donors (Lipinski definition) is 5. The van der Waals surface area contributed by atoms with E-state index in [4.69, 9.17) is 18.6 Å². The summed E-state index contributed by atoms with van der Waals surface area (Å²) in [7, 11) is 0. The van der Waals surface area contributed by atoms with Crippen LogP contribution in [0.25, 0.3) is 11.0 Å². The van der Waals surface area contributed by atoms with Crippen LogP contribution >= 0.6 is 0 Å². The highest BCUT2D eigenvalue weighted by molar-refractivity contribution is 5.87. The third-order valence-electron chi connectivity index (χ3n) is 5.87. The third kappa shape index (κ3) is 3.69. The first-order valence-corrected chi connectivity index (χ1v) is 9.97. The summed E-state index contributed by atoms with van der Waals surface area (Å²) in [6.45, 7) is 4.52. The van der Waals surface area contributed by atoms with Crippen molar-refractivity contribution < 1.29 is 44.2 Å². The van der Waals surface area contributed by atoms with Gasteiger partial charge in [-0.1, -0.05) is 0 Å². The lowest BCUT2D eigenvalue weighted by Gasteiger charge is -2.45. The Morgan fingerprint density at radius 3 is 2.55 bits per heavy atom. The van der Waals surface area contributed by atoms with E-state index in [0.717, 1.165) is 0 Å². The highest BCUT2D eigenvalue weighted by atomic mass is 16.7. The van der Waals surface area contributed by atoms with Crippen LogP contribution in [0.5, 0.6) is 11.5 Å². The van der Waals surface area contributed by atoms with Crippen molar-refractivity contribution in [2.24, 2.45) is 0 Å².